The van der Waals surface area contributed by atoms with Crippen molar-refractivity contribution < 1.29 is 4.92 Å². The van der Waals surface area contributed by atoms with Crippen LogP contribution in [0.1, 0.15) is 0 Å². The van der Waals surface area contributed by atoms with Gasteiger partial charge in [0.2, 0.25) is 0 Å². The first-order valence-electron chi connectivity index (χ1n) is 5.15. The van der Waals surface area contributed by atoms with Gasteiger partial charge in [0, 0.05) is 21.9 Å². The largest absolute Gasteiger partial charge is 0.270 e. The van der Waals surface area contributed by atoms with E-state index in [9.17, 15) is 10.1 Å². The highest BCUT2D eigenvalue weighted by Crippen LogP contribution is 2.41. The Labute approximate surface area is 138 Å². The van der Waals surface area contributed by atoms with Crippen molar-refractivity contribution in [1.29, 1.82) is 0 Å². The van der Waals surface area contributed by atoms with Crippen LogP contribution in [0.5, 0.6) is 0 Å². The molecule has 0 bridgehead atoms. The van der Waals surface area contributed by atoms with Gasteiger partial charge in [0.15, 0.2) is 0 Å². The van der Waals surface area contributed by atoms with Gasteiger partial charge in [0.05, 0.1) is 25.0 Å². The van der Waals surface area contributed by atoms with E-state index >= 15 is 0 Å². The molecule has 0 saturated heterocycles. The molecule has 2 aromatic rings. The molecule has 0 radical (unpaired) electrons. The van der Waals surface area contributed by atoms with Crippen molar-refractivity contribution in [2.24, 2.45) is 0 Å². The number of benzene rings is 2. The summed E-state index contributed by atoms with van der Waals surface area (Å²) in [4.78, 5) is 11.4. The molecular weight excluding hydrogens is 364 g/mol. The van der Waals surface area contributed by atoms with Crippen LogP contribution in [0.15, 0.2) is 40.1 Å². The Balaban J connectivity index is 2.35. The minimum Gasteiger partial charge on any atom is -0.258 e. The monoisotopic (exact) mass is 367 g/mol. The molecule has 0 atom stereocenters. The molecular formula is C12H5Cl4NO2S. The summed E-state index contributed by atoms with van der Waals surface area (Å²) in [5, 5.41) is 12.1. The zero-order valence-electron chi connectivity index (χ0n) is 9.57. The molecule has 104 valence electrons. The van der Waals surface area contributed by atoms with E-state index in [1.54, 1.807) is 12.1 Å². The Morgan fingerprint density at radius 2 is 1.45 bits per heavy atom. The summed E-state index contributed by atoms with van der Waals surface area (Å²) >= 11 is 25.1. The van der Waals surface area contributed by atoms with Gasteiger partial charge >= 0.3 is 0 Å². The van der Waals surface area contributed by atoms with Crippen molar-refractivity contribution in [3.63, 3.8) is 0 Å². The first kappa shape index (κ1) is 15.7. The second kappa shape index (κ2) is 6.41. The first-order chi connectivity index (χ1) is 9.38. The molecule has 0 spiro atoms. The number of nitro benzene ring substituents is 1. The molecule has 3 nitrogen and oxygen atoms in total. The Morgan fingerprint density at radius 1 is 0.850 bits per heavy atom. The number of rotatable bonds is 3. The van der Waals surface area contributed by atoms with E-state index in [0.29, 0.717) is 24.9 Å². The van der Waals surface area contributed by atoms with E-state index in [1.165, 1.54) is 30.0 Å². The summed E-state index contributed by atoms with van der Waals surface area (Å²) in [6.45, 7) is 0. The predicted octanol–water partition coefficient (Wildman–Crippen LogP) is 6.36. The highest BCUT2D eigenvalue weighted by molar-refractivity contribution is 7.99. The third-order valence-corrected chi connectivity index (χ3v) is 5.03. The molecule has 0 aliphatic rings. The van der Waals surface area contributed by atoms with Gasteiger partial charge in [-0.25, -0.2) is 0 Å². The van der Waals surface area contributed by atoms with Crippen LogP contribution in [-0.2, 0) is 0 Å². The standard InChI is InChI=1S/C12H5Cl4NO2S/c13-7-4-10(16)12(5-8(7)14)20-11-2-1-6(17(18)19)3-9(11)15/h1-5H. The van der Waals surface area contributed by atoms with Gasteiger partial charge in [0.25, 0.3) is 5.69 Å². The van der Waals surface area contributed by atoms with Gasteiger partial charge < -0.3 is 0 Å². The molecule has 0 amide bonds. The summed E-state index contributed by atoms with van der Waals surface area (Å²) in [6.07, 6.45) is 0. The van der Waals surface area contributed by atoms with E-state index in [2.05, 4.69) is 0 Å². The van der Waals surface area contributed by atoms with E-state index < -0.39 is 4.92 Å². The normalized spacial score (nSPS) is 10.6. The number of hydrogen-bond acceptors (Lipinski definition) is 3. The summed E-state index contributed by atoms with van der Waals surface area (Å²) in [5.74, 6) is 0. The Morgan fingerprint density at radius 3 is 2.05 bits per heavy atom. The highest BCUT2D eigenvalue weighted by atomic mass is 35.5. The van der Waals surface area contributed by atoms with E-state index in [4.69, 9.17) is 46.4 Å². The van der Waals surface area contributed by atoms with Gasteiger partial charge in [-0.3, -0.25) is 10.1 Å². The molecule has 2 rings (SSSR count). The van der Waals surface area contributed by atoms with Crippen molar-refractivity contribution in [1.82, 2.24) is 0 Å². The topological polar surface area (TPSA) is 43.1 Å². The smallest absolute Gasteiger partial charge is 0.258 e. The third kappa shape index (κ3) is 3.51. The van der Waals surface area contributed by atoms with Crippen LogP contribution < -0.4 is 0 Å². The molecule has 8 heteroatoms. The average Bonchev–Trinajstić information content (AvgIpc) is 2.37. The van der Waals surface area contributed by atoms with Crippen molar-refractivity contribution in [3.8, 4) is 0 Å². The average molecular weight is 369 g/mol. The van der Waals surface area contributed by atoms with Crippen molar-refractivity contribution in [3.05, 3.63) is 60.5 Å². The Hall–Kier alpha value is -0.650. The van der Waals surface area contributed by atoms with Crippen LogP contribution in [0.2, 0.25) is 20.1 Å². The second-order valence-electron chi connectivity index (χ2n) is 3.67. The number of hydrogen-bond donors (Lipinski definition) is 0. The zero-order chi connectivity index (χ0) is 14.9. The molecule has 0 fully saturated rings. The summed E-state index contributed by atoms with van der Waals surface area (Å²) in [7, 11) is 0. The summed E-state index contributed by atoms with van der Waals surface area (Å²) < 4.78 is 0. The number of nitrogens with zero attached hydrogens (tertiary/aromatic N) is 1. The Kier molecular flexibility index (Phi) is 5.04. The lowest BCUT2D eigenvalue weighted by Gasteiger charge is -2.07. The molecule has 2 aromatic carbocycles. The first-order valence-corrected chi connectivity index (χ1v) is 7.47. The molecule has 0 heterocycles. The lowest BCUT2D eigenvalue weighted by Crippen LogP contribution is -1.88. The van der Waals surface area contributed by atoms with Crippen molar-refractivity contribution >= 4 is 63.9 Å². The number of non-ortho nitro benzene ring substituents is 1. The van der Waals surface area contributed by atoms with Crippen LogP contribution in [0, 0.1) is 10.1 Å². The van der Waals surface area contributed by atoms with Gasteiger partial charge in [-0.1, -0.05) is 58.2 Å². The van der Waals surface area contributed by atoms with Gasteiger partial charge in [0.1, 0.15) is 0 Å². The maximum Gasteiger partial charge on any atom is 0.270 e. The predicted molar refractivity (Wildman–Crippen MR) is 83.7 cm³/mol. The van der Waals surface area contributed by atoms with E-state index in [1.807, 2.05) is 0 Å². The Bertz CT molecular complexity index is 693. The van der Waals surface area contributed by atoms with Crippen molar-refractivity contribution in [2.45, 2.75) is 9.79 Å². The van der Waals surface area contributed by atoms with Gasteiger partial charge in [-0.05, 0) is 18.2 Å². The lowest BCUT2D eigenvalue weighted by molar-refractivity contribution is -0.384. The minimum absolute atomic E-state index is 0.0698. The molecule has 0 saturated carbocycles. The molecule has 0 aliphatic carbocycles. The van der Waals surface area contributed by atoms with Crippen LogP contribution in [0.4, 0.5) is 5.69 Å². The maximum atomic E-state index is 10.6. The van der Waals surface area contributed by atoms with E-state index in [0.717, 1.165) is 0 Å². The fourth-order valence-electron chi connectivity index (χ4n) is 1.39. The molecule has 0 aromatic heterocycles. The summed E-state index contributed by atoms with van der Waals surface area (Å²) in [6, 6.07) is 7.38. The molecule has 20 heavy (non-hydrogen) atoms. The molecule has 0 unspecified atom stereocenters. The zero-order valence-corrected chi connectivity index (χ0v) is 13.4. The van der Waals surface area contributed by atoms with Crippen LogP contribution in [-0.4, -0.2) is 4.92 Å². The second-order valence-corrected chi connectivity index (χ2v) is 6.38. The van der Waals surface area contributed by atoms with Crippen LogP contribution in [0.25, 0.3) is 0 Å². The van der Waals surface area contributed by atoms with Gasteiger partial charge in [-0.15, -0.1) is 0 Å². The molecule has 0 aliphatic heterocycles. The number of nitro groups is 1. The quantitative estimate of drug-likeness (QED) is 0.359. The summed E-state index contributed by atoms with van der Waals surface area (Å²) in [5.41, 5.74) is -0.0698. The van der Waals surface area contributed by atoms with Crippen molar-refractivity contribution in [2.75, 3.05) is 0 Å². The number of halogens is 4. The van der Waals surface area contributed by atoms with E-state index in [-0.39, 0.29) is 10.7 Å². The fraction of sp³-hybridized carbons (Fsp3) is 0. The lowest BCUT2D eigenvalue weighted by atomic mass is 10.3. The third-order valence-electron chi connectivity index (χ3n) is 2.32. The fourth-order valence-corrected chi connectivity index (χ4v) is 3.27. The molecule has 0 N–H and O–H groups in total. The van der Waals surface area contributed by atoms with Crippen LogP contribution in [0.3, 0.4) is 0 Å². The minimum atomic E-state index is -0.507. The van der Waals surface area contributed by atoms with Crippen LogP contribution >= 0.6 is 58.2 Å². The van der Waals surface area contributed by atoms with Gasteiger partial charge in [-0.2, -0.15) is 0 Å². The maximum absolute atomic E-state index is 10.6. The highest BCUT2D eigenvalue weighted by Gasteiger charge is 2.13. The SMILES string of the molecule is O=[N+]([O-])c1ccc(Sc2cc(Cl)c(Cl)cc2Cl)c(Cl)c1.